The minimum Gasteiger partial charge on any atom is -0.480 e. The predicted octanol–water partition coefficient (Wildman–Crippen LogP) is 5.45. The fourth-order valence-electron chi connectivity index (χ4n) is 4.64. The van der Waals surface area contributed by atoms with E-state index in [4.69, 9.17) is 14.2 Å². The SMILES string of the molecule is CC(C)(C)OC(=O)C(CCCC(NC(=O)OCC1c2ccccc2-c2ccccc21)C(=O)O)C(=O)OC(C)(C)C. The molecule has 0 saturated carbocycles. The molecule has 0 bridgehead atoms. The van der Waals surface area contributed by atoms with E-state index >= 15 is 0 Å². The van der Waals surface area contributed by atoms with Crippen LogP contribution in [0.15, 0.2) is 48.5 Å². The van der Waals surface area contributed by atoms with Crippen molar-refractivity contribution in [3.63, 3.8) is 0 Å². The monoisotopic (exact) mass is 553 g/mol. The molecule has 2 aromatic rings. The summed E-state index contributed by atoms with van der Waals surface area (Å²) in [6.45, 7) is 10.2. The first kappa shape index (κ1) is 30.7. The Hall–Kier alpha value is -3.88. The van der Waals surface area contributed by atoms with E-state index in [2.05, 4.69) is 5.32 Å². The fourth-order valence-corrected chi connectivity index (χ4v) is 4.64. The Morgan fingerprint density at radius 2 is 1.27 bits per heavy atom. The molecule has 0 radical (unpaired) electrons. The molecule has 2 aromatic carbocycles. The molecule has 40 heavy (non-hydrogen) atoms. The summed E-state index contributed by atoms with van der Waals surface area (Å²) in [5, 5.41) is 12.1. The molecule has 0 aromatic heterocycles. The van der Waals surface area contributed by atoms with Gasteiger partial charge in [0.15, 0.2) is 5.92 Å². The minimum absolute atomic E-state index is 0.0000234. The molecule has 1 aliphatic carbocycles. The summed E-state index contributed by atoms with van der Waals surface area (Å²) in [6, 6.07) is 14.5. The van der Waals surface area contributed by atoms with Crippen LogP contribution >= 0.6 is 0 Å². The van der Waals surface area contributed by atoms with Gasteiger partial charge >= 0.3 is 24.0 Å². The molecular weight excluding hydrogens is 514 g/mol. The number of fused-ring (bicyclic) bond motifs is 3. The van der Waals surface area contributed by atoms with Crippen LogP contribution in [0, 0.1) is 5.92 Å². The highest BCUT2D eigenvalue weighted by molar-refractivity contribution is 5.95. The van der Waals surface area contributed by atoms with Crippen molar-refractivity contribution >= 4 is 24.0 Å². The summed E-state index contributed by atoms with van der Waals surface area (Å²) in [4.78, 5) is 50.0. The second kappa shape index (κ2) is 12.5. The smallest absolute Gasteiger partial charge is 0.407 e. The number of esters is 2. The quantitative estimate of drug-likeness (QED) is 0.226. The largest absolute Gasteiger partial charge is 0.480 e. The Kier molecular flexibility index (Phi) is 9.60. The van der Waals surface area contributed by atoms with E-state index in [-0.39, 0.29) is 31.8 Å². The Morgan fingerprint density at radius 1 is 0.800 bits per heavy atom. The summed E-state index contributed by atoms with van der Waals surface area (Å²) in [7, 11) is 0. The Labute approximate surface area is 235 Å². The second-order valence-corrected chi connectivity index (χ2v) is 11.9. The summed E-state index contributed by atoms with van der Waals surface area (Å²) < 4.78 is 16.3. The first-order chi connectivity index (χ1) is 18.7. The average Bonchev–Trinajstić information content (AvgIpc) is 3.16. The number of benzene rings is 2. The number of alkyl carbamates (subject to hydrolysis) is 1. The van der Waals surface area contributed by atoms with Crippen molar-refractivity contribution in [2.45, 2.75) is 84.0 Å². The second-order valence-electron chi connectivity index (χ2n) is 11.9. The lowest BCUT2D eigenvalue weighted by Crippen LogP contribution is -2.42. The number of rotatable bonds is 10. The molecular formula is C31H39NO8. The summed E-state index contributed by atoms with van der Waals surface area (Å²) >= 11 is 0. The molecule has 0 fully saturated rings. The van der Waals surface area contributed by atoms with Crippen molar-refractivity contribution in [2.24, 2.45) is 5.92 Å². The van der Waals surface area contributed by atoms with Crippen LogP contribution in [-0.2, 0) is 28.6 Å². The van der Waals surface area contributed by atoms with Crippen LogP contribution in [0.4, 0.5) is 4.79 Å². The molecule has 2 N–H and O–H groups in total. The molecule has 9 heteroatoms. The van der Waals surface area contributed by atoms with Gasteiger partial charge in [-0.05, 0) is 83.1 Å². The van der Waals surface area contributed by atoms with Gasteiger partial charge in [-0.2, -0.15) is 0 Å². The Morgan fingerprint density at radius 3 is 1.73 bits per heavy atom. The molecule has 0 heterocycles. The third-order valence-corrected chi connectivity index (χ3v) is 6.30. The molecule has 1 aliphatic rings. The van der Waals surface area contributed by atoms with Gasteiger partial charge in [-0.15, -0.1) is 0 Å². The lowest BCUT2D eigenvalue weighted by atomic mass is 9.98. The number of carbonyl (C=O) groups excluding carboxylic acids is 3. The van der Waals surface area contributed by atoms with Crippen molar-refractivity contribution < 1.29 is 38.5 Å². The number of aliphatic carboxylic acids is 1. The van der Waals surface area contributed by atoms with Crippen LogP contribution in [0.25, 0.3) is 11.1 Å². The summed E-state index contributed by atoms with van der Waals surface area (Å²) in [5.41, 5.74) is 2.63. The number of hydrogen-bond acceptors (Lipinski definition) is 7. The van der Waals surface area contributed by atoms with Crippen molar-refractivity contribution in [3.05, 3.63) is 59.7 Å². The van der Waals surface area contributed by atoms with E-state index in [1.54, 1.807) is 41.5 Å². The zero-order valence-corrected chi connectivity index (χ0v) is 24.0. The molecule has 1 atom stereocenters. The van der Waals surface area contributed by atoms with Gasteiger partial charge in [0.25, 0.3) is 0 Å². The highest BCUT2D eigenvalue weighted by Crippen LogP contribution is 2.44. The van der Waals surface area contributed by atoms with Gasteiger partial charge < -0.3 is 24.6 Å². The molecule has 1 amide bonds. The van der Waals surface area contributed by atoms with Crippen LogP contribution < -0.4 is 5.32 Å². The highest BCUT2D eigenvalue weighted by atomic mass is 16.6. The van der Waals surface area contributed by atoms with Gasteiger partial charge in [-0.3, -0.25) is 9.59 Å². The van der Waals surface area contributed by atoms with Crippen molar-refractivity contribution in [1.82, 2.24) is 5.32 Å². The molecule has 3 rings (SSSR count). The van der Waals surface area contributed by atoms with Crippen LogP contribution in [-0.4, -0.2) is 53.0 Å². The van der Waals surface area contributed by atoms with Crippen molar-refractivity contribution in [1.29, 1.82) is 0 Å². The third kappa shape index (κ3) is 8.31. The first-order valence-corrected chi connectivity index (χ1v) is 13.5. The van der Waals surface area contributed by atoms with Gasteiger partial charge in [-0.25, -0.2) is 9.59 Å². The van der Waals surface area contributed by atoms with E-state index in [9.17, 15) is 24.3 Å². The summed E-state index contributed by atoms with van der Waals surface area (Å²) in [5.74, 6) is -4.11. The predicted molar refractivity (Wildman–Crippen MR) is 149 cm³/mol. The van der Waals surface area contributed by atoms with Gasteiger partial charge in [0.05, 0.1) is 0 Å². The van der Waals surface area contributed by atoms with Gasteiger partial charge in [0.2, 0.25) is 0 Å². The number of carbonyl (C=O) groups is 4. The van der Waals surface area contributed by atoms with E-state index in [0.29, 0.717) is 0 Å². The van der Waals surface area contributed by atoms with Crippen LogP contribution in [0.5, 0.6) is 0 Å². The molecule has 0 saturated heterocycles. The number of nitrogens with one attached hydrogen (secondary N) is 1. The Balaban J connectivity index is 1.60. The maximum atomic E-state index is 12.7. The lowest BCUT2D eigenvalue weighted by Gasteiger charge is -2.26. The zero-order chi connectivity index (χ0) is 29.7. The van der Waals surface area contributed by atoms with Gasteiger partial charge in [-0.1, -0.05) is 48.5 Å². The number of ether oxygens (including phenoxy) is 3. The Bertz CT molecular complexity index is 1170. The molecule has 9 nitrogen and oxygen atoms in total. The first-order valence-electron chi connectivity index (χ1n) is 13.5. The third-order valence-electron chi connectivity index (χ3n) is 6.30. The molecule has 1 unspecified atom stereocenters. The van der Waals surface area contributed by atoms with Crippen LogP contribution in [0.3, 0.4) is 0 Å². The van der Waals surface area contributed by atoms with Crippen molar-refractivity contribution in [2.75, 3.05) is 6.61 Å². The van der Waals surface area contributed by atoms with E-state index in [0.717, 1.165) is 22.3 Å². The van der Waals surface area contributed by atoms with Crippen LogP contribution in [0.1, 0.15) is 77.8 Å². The van der Waals surface area contributed by atoms with Crippen molar-refractivity contribution in [3.8, 4) is 11.1 Å². The van der Waals surface area contributed by atoms with E-state index < -0.39 is 47.2 Å². The number of carboxylic acid groups (broad SMARTS) is 1. The van der Waals surface area contributed by atoms with E-state index in [1.165, 1.54) is 0 Å². The fraction of sp³-hybridized carbons (Fsp3) is 0.484. The van der Waals surface area contributed by atoms with Crippen LogP contribution in [0.2, 0.25) is 0 Å². The van der Waals surface area contributed by atoms with Gasteiger partial charge in [0.1, 0.15) is 23.9 Å². The highest BCUT2D eigenvalue weighted by Gasteiger charge is 2.35. The minimum atomic E-state index is -1.27. The lowest BCUT2D eigenvalue weighted by molar-refractivity contribution is -0.174. The normalized spacial score (nSPS) is 13.7. The number of hydrogen-bond donors (Lipinski definition) is 2. The summed E-state index contributed by atoms with van der Waals surface area (Å²) in [6.07, 6.45) is -0.740. The van der Waals surface area contributed by atoms with Gasteiger partial charge in [0, 0.05) is 5.92 Å². The maximum Gasteiger partial charge on any atom is 0.407 e. The molecule has 0 aliphatic heterocycles. The van der Waals surface area contributed by atoms with E-state index in [1.807, 2.05) is 48.5 Å². The molecule has 216 valence electrons. The standard InChI is InChI=1S/C31H39NO8/c1-30(2,3)39-27(35)23(28(36)40-31(4,5)6)16-11-17-25(26(33)34)32-29(37)38-18-24-21-14-9-7-12-19(21)20-13-8-10-15-22(20)24/h7-10,12-15,23-25H,11,16-18H2,1-6H3,(H,32,37)(H,33,34). The molecule has 0 spiro atoms. The maximum absolute atomic E-state index is 12.7. The zero-order valence-electron chi connectivity index (χ0n) is 24.0. The average molecular weight is 554 g/mol. The number of amides is 1. The number of carboxylic acids is 1. The topological polar surface area (TPSA) is 128 Å².